The van der Waals surface area contributed by atoms with E-state index in [-0.39, 0.29) is 12.0 Å². The average molecular weight is 282 g/mol. The third kappa shape index (κ3) is 2.74. The molecule has 1 aromatic heterocycles. The van der Waals surface area contributed by atoms with E-state index in [1.54, 1.807) is 0 Å². The summed E-state index contributed by atoms with van der Waals surface area (Å²) in [5, 5.41) is 9.29. The van der Waals surface area contributed by atoms with E-state index in [1.165, 1.54) is 16.9 Å². The lowest BCUT2D eigenvalue weighted by Gasteiger charge is -2.19. The molecule has 1 aromatic carbocycles. The number of aliphatic hydroxyl groups is 1. The first-order valence-electron chi connectivity index (χ1n) is 5.79. The molecule has 1 heterocycles. The van der Waals surface area contributed by atoms with Crippen molar-refractivity contribution in [2.75, 3.05) is 0 Å². The fraction of sp³-hybridized carbons (Fsp3) is 0.357. The van der Waals surface area contributed by atoms with Crippen molar-refractivity contribution in [2.45, 2.75) is 32.8 Å². The summed E-state index contributed by atoms with van der Waals surface area (Å²) in [6, 6.07) is 8.27. The molecule has 0 spiro atoms. The minimum Gasteiger partial charge on any atom is -0.391 e. The van der Waals surface area contributed by atoms with Gasteiger partial charge < -0.3 is 5.11 Å². The van der Waals surface area contributed by atoms with E-state index < -0.39 is 0 Å². The molecule has 0 saturated heterocycles. The molecule has 0 aliphatic heterocycles. The van der Waals surface area contributed by atoms with Gasteiger partial charge in [0.1, 0.15) is 0 Å². The Bertz CT molecular complexity index is 540. The molecule has 96 valence electrons. The lowest BCUT2D eigenvalue weighted by atomic mass is 9.86. The van der Waals surface area contributed by atoms with Crippen LogP contribution in [0.25, 0.3) is 11.3 Å². The highest BCUT2D eigenvalue weighted by atomic mass is 35.5. The summed E-state index contributed by atoms with van der Waals surface area (Å²) in [6.45, 7) is 6.52. The van der Waals surface area contributed by atoms with Gasteiger partial charge in [0.2, 0.25) is 0 Å². The first-order chi connectivity index (χ1) is 8.41. The zero-order chi connectivity index (χ0) is 13.3. The molecule has 1 N–H and O–H groups in total. The maximum atomic E-state index is 9.29. The van der Waals surface area contributed by atoms with Crippen LogP contribution in [0.4, 0.5) is 0 Å². The summed E-state index contributed by atoms with van der Waals surface area (Å²) < 4.78 is 0.467. The van der Waals surface area contributed by atoms with Gasteiger partial charge in [0.25, 0.3) is 0 Å². The van der Waals surface area contributed by atoms with Gasteiger partial charge in [-0.3, -0.25) is 0 Å². The molecule has 0 aliphatic rings. The Morgan fingerprint density at radius 1 is 1.22 bits per heavy atom. The van der Waals surface area contributed by atoms with Crippen LogP contribution < -0.4 is 0 Å². The van der Waals surface area contributed by atoms with Crippen LogP contribution >= 0.6 is 22.9 Å². The van der Waals surface area contributed by atoms with Crippen molar-refractivity contribution in [2.24, 2.45) is 0 Å². The second-order valence-corrected chi connectivity index (χ2v) is 6.89. The Hall–Kier alpha value is -0.900. The zero-order valence-corrected chi connectivity index (χ0v) is 12.3. The highest BCUT2D eigenvalue weighted by Gasteiger charge is 2.15. The molecular formula is C14H16ClNOS. The molecule has 0 saturated carbocycles. The van der Waals surface area contributed by atoms with Gasteiger partial charge in [-0.15, -0.1) is 11.3 Å². The van der Waals surface area contributed by atoms with Crippen LogP contribution in [0, 0.1) is 0 Å². The van der Waals surface area contributed by atoms with Gasteiger partial charge in [-0.2, -0.15) is 0 Å². The minimum atomic E-state index is -0.0270. The quantitative estimate of drug-likeness (QED) is 0.892. The van der Waals surface area contributed by atoms with Crippen molar-refractivity contribution in [3.63, 3.8) is 0 Å². The maximum absolute atomic E-state index is 9.29. The number of hydrogen-bond donors (Lipinski definition) is 1. The molecule has 0 radical (unpaired) electrons. The summed E-state index contributed by atoms with van der Waals surface area (Å²) in [5.74, 6) is 0. The average Bonchev–Trinajstić information content (AvgIpc) is 2.69. The van der Waals surface area contributed by atoms with Gasteiger partial charge in [-0.25, -0.2) is 4.98 Å². The Labute approximate surface area is 116 Å². The minimum absolute atomic E-state index is 0.0270. The predicted octanol–water partition coefficient (Wildman–Crippen LogP) is 4.25. The number of benzene rings is 1. The number of aromatic nitrogens is 1. The number of hydrogen-bond acceptors (Lipinski definition) is 3. The van der Waals surface area contributed by atoms with E-state index in [0.29, 0.717) is 4.47 Å². The van der Waals surface area contributed by atoms with Gasteiger partial charge in [-0.1, -0.05) is 56.6 Å². The second kappa shape index (κ2) is 5.00. The lowest BCUT2D eigenvalue weighted by molar-refractivity contribution is 0.286. The molecular weight excluding hydrogens is 266 g/mol. The molecule has 0 unspecified atom stereocenters. The number of halogens is 1. The summed E-state index contributed by atoms with van der Waals surface area (Å²) in [5.41, 5.74) is 3.19. The summed E-state index contributed by atoms with van der Waals surface area (Å²) in [7, 11) is 0. The van der Waals surface area contributed by atoms with E-state index in [9.17, 15) is 5.11 Å². The third-order valence-corrected chi connectivity index (χ3v) is 3.98. The first-order valence-corrected chi connectivity index (χ1v) is 6.98. The van der Waals surface area contributed by atoms with E-state index >= 15 is 0 Å². The molecule has 0 atom stereocenters. The molecule has 2 aromatic rings. The molecule has 0 aliphatic carbocycles. The maximum Gasteiger partial charge on any atom is 0.184 e. The smallest absolute Gasteiger partial charge is 0.184 e. The Kier molecular flexibility index (Phi) is 3.76. The predicted molar refractivity (Wildman–Crippen MR) is 77.2 cm³/mol. The molecule has 18 heavy (non-hydrogen) atoms. The molecule has 2 nitrogen and oxygen atoms in total. The van der Waals surface area contributed by atoms with Crippen molar-refractivity contribution >= 4 is 22.9 Å². The van der Waals surface area contributed by atoms with Gasteiger partial charge in [0.05, 0.1) is 17.2 Å². The van der Waals surface area contributed by atoms with Crippen molar-refractivity contribution in [3.05, 3.63) is 39.2 Å². The number of thiazole rings is 1. The third-order valence-electron chi connectivity index (χ3n) is 2.84. The summed E-state index contributed by atoms with van der Waals surface area (Å²) >= 11 is 7.22. The molecule has 0 amide bonds. The molecule has 4 heteroatoms. The Morgan fingerprint density at radius 3 is 2.33 bits per heavy atom. The van der Waals surface area contributed by atoms with Crippen LogP contribution in [0.3, 0.4) is 0 Å². The standard InChI is InChI=1S/C14H16ClNOS/c1-14(2,3)10-6-4-9(5-7-10)12-11(8-17)18-13(15)16-12/h4-7,17H,8H2,1-3H3. The Balaban J connectivity index is 2.40. The second-order valence-electron chi connectivity index (χ2n) is 5.22. The molecule has 0 fully saturated rings. The van der Waals surface area contributed by atoms with Crippen molar-refractivity contribution < 1.29 is 5.11 Å². The van der Waals surface area contributed by atoms with Crippen molar-refractivity contribution in [3.8, 4) is 11.3 Å². The van der Waals surface area contributed by atoms with Crippen LogP contribution in [-0.4, -0.2) is 10.1 Å². The van der Waals surface area contributed by atoms with Gasteiger partial charge in [0, 0.05) is 5.56 Å². The normalized spacial score (nSPS) is 11.8. The number of aliphatic hydroxyl groups excluding tert-OH is 1. The monoisotopic (exact) mass is 281 g/mol. The number of rotatable bonds is 2. The van der Waals surface area contributed by atoms with E-state index in [0.717, 1.165) is 16.1 Å². The van der Waals surface area contributed by atoms with Crippen LogP contribution in [0.2, 0.25) is 4.47 Å². The van der Waals surface area contributed by atoms with Crippen LogP contribution in [0.1, 0.15) is 31.2 Å². The van der Waals surface area contributed by atoms with E-state index in [1.807, 2.05) is 12.1 Å². The highest BCUT2D eigenvalue weighted by molar-refractivity contribution is 7.16. The van der Waals surface area contributed by atoms with E-state index in [2.05, 4.69) is 37.9 Å². The topological polar surface area (TPSA) is 33.1 Å². The van der Waals surface area contributed by atoms with Gasteiger partial charge in [0.15, 0.2) is 4.47 Å². The van der Waals surface area contributed by atoms with E-state index in [4.69, 9.17) is 11.6 Å². The number of nitrogens with zero attached hydrogens (tertiary/aromatic N) is 1. The first kappa shape index (κ1) is 13.5. The summed E-state index contributed by atoms with van der Waals surface area (Å²) in [6.07, 6.45) is 0. The van der Waals surface area contributed by atoms with Crippen LogP contribution in [-0.2, 0) is 12.0 Å². The highest BCUT2D eigenvalue weighted by Crippen LogP contribution is 2.32. The fourth-order valence-corrected chi connectivity index (χ4v) is 2.81. The van der Waals surface area contributed by atoms with Crippen LogP contribution in [0.15, 0.2) is 24.3 Å². The zero-order valence-electron chi connectivity index (χ0n) is 10.7. The van der Waals surface area contributed by atoms with Crippen molar-refractivity contribution in [1.82, 2.24) is 4.98 Å². The molecule has 0 bridgehead atoms. The largest absolute Gasteiger partial charge is 0.391 e. The van der Waals surface area contributed by atoms with Gasteiger partial charge >= 0.3 is 0 Å². The molecule has 2 rings (SSSR count). The summed E-state index contributed by atoms with van der Waals surface area (Å²) in [4.78, 5) is 5.08. The SMILES string of the molecule is CC(C)(C)c1ccc(-c2nc(Cl)sc2CO)cc1. The lowest BCUT2D eigenvalue weighted by Crippen LogP contribution is -2.10. The van der Waals surface area contributed by atoms with Crippen LogP contribution in [0.5, 0.6) is 0 Å². The van der Waals surface area contributed by atoms with Crippen molar-refractivity contribution in [1.29, 1.82) is 0 Å². The fourth-order valence-electron chi connectivity index (χ4n) is 1.78. The van der Waals surface area contributed by atoms with Gasteiger partial charge in [-0.05, 0) is 11.0 Å². The Morgan fingerprint density at radius 2 is 1.83 bits per heavy atom.